The highest BCUT2D eigenvalue weighted by Gasteiger charge is 2.08. The van der Waals surface area contributed by atoms with Crippen molar-refractivity contribution < 1.29 is 19.0 Å². The molecular weight excluding hydrogens is 220 g/mol. The predicted molar refractivity (Wildman–Crippen MR) is 63.7 cm³/mol. The van der Waals surface area contributed by atoms with Gasteiger partial charge in [0.25, 0.3) is 0 Å². The molecule has 0 aliphatic carbocycles. The van der Waals surface area contributed by atoms with Gasteiger partial charge in [-0.25, -0.2) is 4.79 Å². The SMILES string of the molecule is COC(=O)O[C@H](C)CCOCc1ccccc1. The molecule has 0 spiro atoms. The molecule has 0 radical (unpaired) electrons. The number of carbonyl (C=O) groups is 1. The van der Waals surface area contributed by atoms with Crippen LogP contribution in [0.1, 0.15) is 18.9 Å². The first kappa shape index (κ1) is 13.5. The molecule has 0 aromatic heterocycles. The number of hydrogen-bond donors (Lipinski definition) is 0. The van der Waals surface area contributed by atoms with E-state index in [-0.39, 0.29) is 6.10 Å². The van der Waals surface area contributed by atoms with Crippen LogP contribution in [-0.4, -0.2) is 26.0 Å². The third-order valence-corrected chi connectivity index (χ3v) is 2.24. The third kappa shape index (κ3) is 5.92. The summed E-state index contributed by atoms with van der Waals surface area (Å²) in [6.45, 7) is 2.93. The fourth-order valence-corrected chi connectivity index (χ4v) is 1.28. The summed E-state index contributed by atoms with van der Waals surface area (Å²) in [5, 5.41) is 0. The van der Waals surface area contributed by atoms with Gasteiger partial charge in [-0.2, -0.15) is 0 Å². The lowest BCUT2D eigenvalue weighted by molar-refractivity contribution is 0.0237. The van der Waals surface area contributed by atoms with Crippen LogP contribution in [0.5, 0.6) is 0 Å². The average Bonchev–Trinajstić information content (AvgIpc) is 2.36. The van der Waals surface area contributed by atoms with Gasteiger partial charge >= 0.3 is 6.16 Å². The Hall–Kier alpha value is -1.55. The Balaban J connectivity index is 2.10. The van der Waals surface area contributed by atoms with Gasteiger partial charge in [-0.15, -0.1) is 0 Å². The molecule has 1 rings (SSSR count). The quantitative estimate of drug-likeness (QED) is 0.564. The second-order valence-electron chi connectivity index (χ2n) is 3.71. The second-order valence-corrected chi connectivity index (χ2v) is 3.71. The van der Waals surface area contributed by atoms with Crippen molar-refractivity contribution in [2.24, 2.45) is 0 Å². The molecule has 0 amide bonds. The highest BCUT2D eigenvalue weighted by Crippen LogP contribution is 2.03. The molecule has 0 unspecified atom stereocenters. The molecule has 0 fully saturated rings. The molecule has 0 N–H and O–H groups in total. The van der Waals surface area contributed by atoms with Crippen molar-refractivity contribution >= 4 is 6.16 Å². The average molecular weight is 238 g/mol. The van der Waals surface area contributed by atoms with E-state index < -0.39 is 6.16 Å². The van der Waals surface area contributed by atoms with Gasteiger partial charge in [-0.05, 0) is 12.5 Å². The zero-order valence-electron chi connectivity index (χ0n) is 10.2. The highest BCUT2D eigenvalue weighted by atomic mass is 16.7. The molecule has 4 nitrogen and oxygen atoms in total. The molecule has 17 heavy (non-hydrogen) atoms. The Morgan fingerprint density at radius 2 is 2.00 bits per heavy atom. The van der Waals surface area contributed by atoms with E-state index in [1.807, 2.05) is 37.3 Å². The van der Waals surface area contributed by atoms with Crippen LogP contribution in [-0.2, 0) is 20.8 Å². The lowest BCUT2D eigenvalue weighted by Crippen LogP contribution is -2.16. The fraction of sp³-hybridized carbons (Fsp3) is 0.462. The van der Waals surface area contributed by atoms with Gasteiger partial charge in [-0.1, -0.05) is 30.3 Å². The molecule has 0 saturated heterocycles. The first-order valence-corrected chi connectivity index (χ1v) is 5.58. The number of carbonyl (C=O) groups excluding carboxylic acids is 1. The Morgan fingerprint density at radius 3 is 2.65 bits per heavy atom. The summed E-state index contributed by atoms with van der Waals surface area (Å²) in [7, 11) is 1.29. The van der Waals surface area contributed by atoms with E-state index in [0.29, 0.717) is 19.6 Å². The van der Waals surface area contributed by atoms with Gasteiger partial charge in [0, 0.05) is 6.42 Å². The lowest BCUT2D eigenvalue weighted by Gasteiger charge is -2.12. The van der Waals surface area contributed by atoms with Crippen LogP contribution in [0.15, 0.2) is 30.3 Å². The molecule has 1 aromatic rings. The molecule has 0 aliphatic heterocycles. The zero-order valence-corrected chi connectivity index (χ0v) is 10.2. The lowest BCUT2D eigenvalue weighted by atomic mass is 10.2. The molecule has 4 heteroatoms. The van der Waals surface area contributed by atoms with E-state index in [0.717, 1.165) is 5.56 Å². The Kier molecular flexibility index (Phi) is 6.10. The monoisotopic (exact) mass is 238 g/mol. The first-order chi connectivity index (χ1) is 8.22. The topological polar surface area (TPSA) is 44.8 Å². The summed E-state index contributed by atoms with van der Waals surface area (Å²) in [5.41, 5.74) is 1.13. The van der Waals surface area contributed by atoms with E-state index in [4.69, 9.17) is 9.47 Å². The summed E-state index contributed by atoms with van der Waals surface area (Å²) in [5.74, 6) is 0. The van der Waals surface area contributed by atoms with Crippen LogP contribution >= 0.6 is 0 Å². The van der Waals surface area contributed by atoms with Crippen molar-refractivity contribution in [3.05, 3.63) is 35.9 Å². The molecule has 0 saturated carbocycles. The smallest absolute Gasteiger partial charge is 0.438 e. The minimum absolute atomic E-state index is 0.196. The summed E-state index contributed by atoms with van der Waals surface area (Å²) in [6.07, 6.45) is -0.194. The minimum Gasteiger partial charge on any atom is -0.438 e. The predicted octanol–water partition coefficient (Wildman–Crippen LogP) is 2.76. The Morgan fingerprint density at radius 1 is 1.29 bits per heavy atom. The number of hydrogen-bond acceptors (Lipinski definition) is 4. The van der Waals surface area contributed by atoms with Crippen LogP contribution in [0.4, 0.5) is 4.79 Å². The summed E-state index contributed by atoms with van der Waals surface area (Å²) in [4.78, 5) is 10.8. The van der Waals surface area contributed by atoms with E-state index in [2.05, 4.69) is 4.74 Å². The number of rotatable bonds is 6. The van der Waals surface area contributed by atoms with Crippen molar-refractivity contribution in [2.75, 3.05) is 13.7 Å². The maximum Gasteiger partial charge on any atom is 0.508 e. The number of benzene rings is 1. The third-order valence-electron chi connectivity index (χ3n) is 2.24. The highest BCUT2D eigenvalue weighted by molar-refractivity contribution is 5.59. The Labute approximate surface area is 101 Å². The first-order valence-electron chi connectivity index (χ1n) is 5.58. The second kappa shape index (κ2) is 7.68. The van der Waals surface area contributed by atoms with E-state index in [9.17, 15) is 4.79 Å². The summed E-state index contributed by atoms with van der Waals surface area (Å²) < 4.78 is 14.8. The maximum atomic E-state index is 10.8. The summed E-state index contributed by atoms with van der Waals surface area (Å²) in [6, 6.07) is 9.93. The van der Waals surface area contributed by atoms with Crippen molar-refractivity contribution in [1.29, 1.82) is 0 Å². The maximum absolute atomic E-state index is 10.8. The molecule has 0 aliphatic rings. The van der Waals surface area contributed by atoms with Crippen LogP contribution in [0.3, 0.4) is 0 Å². The van der Waals surface area contributed by atoms with E-state index in [1.54, 1.807) is 0 Å². The molecule has 0 bridgehead atoms. The van der Waals surface area contributed by atoms with Crippen LogP contribution in [0, 0.1) is 0 Å². The van der Waals surface area contributed by atoms with Crippen molar-refractivity contribution in [3.63, 3.8) is 0 Å². The molecule has 94 valence electrons. The van der Waals surface area contributed by atoms with Crippen LogP contribution in [0.2, 0.25) is 0 Å². The number of ether oxygens (including phenoxy) is 3. The van der Waals surface area contributed by atoms with Gasteiger partial charge in [0.2, 0.25) is 0 Å². The zero-order chi connectivity index (χ0) is 12.5. The Bertz CT molecular complexity index is 323. The van der Waals surface area contributed by atoms with Crippen LogP contribution < -0.4 is 0 Å². The number of methoxy groups -OCH3 is 1. The summed E-state index contributed by atoms with van der Waals surface area (Å²) >= 11 is 0. The van der Waals surface area contributed by atoms with Gasteiger partial charge < -0.3 is 14.2 Å². The molecule has 1 aromatic carbocycles. The van der Waals surface area contributed by atoms with Crippen molar-refractivity contribution in [1.82, 2.24) is 0 Å². The molecular formula is C13H18O4. The van der Waals surface area contributed by atoms with Crippen molar-refractivity contribution in [2.45, 2.75) is 26.1 Å². The van der Waals surface area contributed by atoms with Gasteiger partial charge in [-0.3, -0.25) is 0 Å². The standard InChI is InChI=1S/C13H18O4/c1-11(17-13(14)15-2)8-9-16-10-12-6-4-3-5-7-12/h3-7,11H,8-10H2,1-2H3/t11-/m1/s1. The van der Waals surface area contributed by atoms with Gasteiger partial charge in [0.1, 0.15) is 6.10 Å². The van der Waals surface area contributed by atoms with Gasteiger partial charge in [0.05, 0.1) is 20.3 Å². The largest absolute Gasteiger partial charge is 0.508 e. The molecule has 0 heterocycles. The normalized spacial score (nSPS) is 11.9. The van der Waals surface area contributed by atoms with Gasteiger partial charge in [0.15, 0.2) is 0 Å². The van der Waals surface area contributed by atoms with E-state index >= 15 is 0 Å². The van der Waals surface area contributed by atoms with Crippen molar-refractivity contribution in [3.8, 4) is 0 Å². The molecule has 1 atom stereocenters. The van der Waals surface area contributed by atoms with E-state index in [1.165, 1.54) is 7.11 Å². The fourth-order valence-electron chi connectivity index (χ4n) is 1.28. The minimum atomic E-state index is -0.652. The van der Waals surface area contributed by atoms with Crippen LogP contribution in [0.25, 0.3) is 0 Å².